The van der Waals surface area contributed by atoms with Crippen LogP contribution in [0.3, 0.4) is 0 Å². The Morgan fingerprint density at radius 2 is 2.00 bits per heavy atom. The summed E-state index contributed by atoms with van der Waals surface area (Å²) >= 11 is 0. The molecule has 2 saturated heterocycles. The molecule has 196 valence electrons. The molecular weight excluding hydrogens is 462 g/mol. The molecule has 0 bridgehead atoms. The van der Waals surface area contributed by atoms with Crippen LogP contribution in [0, 0.1) is 5.92 Å². The molecule has 4 heterocycles. The van der Waals surface area contributed by atoms with Gasteiger partial charge in [-0.3, -0.25) is 9.59 Å². The fraction of sp³-hybridized carbons (Fsp3) is 0.615. The van der Waals surface area contributed by atoms with Crippen molar-refractivity contribution in [3.63, 3.8) is 0 Å². The third-order valence-corrected chi connectivity index (χ3v) is 7.31. The average molecular weight is 500 g/mol. The summed E-state index contributed by atoms with van der Waals surface area (Å²) in [5, 5.41) is 7.21. The molecule has 4 rings (SSSR count). The van der Waals surface area contributed by atoms with E-state index in [-0.39, 0.29) is 35.6 Å². The van der Waals surface area contributed by atoms with Gasteiger partial charge in [0, 0.05) is 44.0 Å². The molecule has 2 atom stereocenters. The Labute approximate surface area is 211 Å². The molecule has 2 aliphatic heterocycles. The number of nitrogens with one attached hydrogen (secondary N) is 2. The summed E-state index contributed by atoms with van der Waals surface area (Å²) in [4.78, 5) is 44.2. The number of nitrogens with zero attached hydrogens (tertiary/aromatic N) is 3. The first kappa shape index (κ1) is 25.9. The average Bonchev–Trinajstić information content (AvgIpc) is 3.50. The zero-order valence-electron chi connectivity index (χ0n) is 21.6. The van der Waals surface area contributed by atoms with Crippen molar-refractivity contribution < 1.29 is 23.9 Å². The SMILES string of the molecule is CC[C@@H](C)C(=O)Nc1c(C(=O)OC)n(C[C@H]2CCCO2)c2ncc(NC3CCN(C(C)=O)CC3)cc12. The third-order valence-electron chi connectivity index (χ3n) is 7.31. The molecule has 0 saturated carbocycles. The molecular formula is C26H37N5O5. The lowest BCUT2D eigenvalue weighted by Gasteiger charge is -2.32. The van der Waals surface area contributed by atoms with Gasteiger partial charge in [0.1, 0.15) is 5.65 Å². The van der Waals surface area contributed by atoms with Gasteiger partial charge in [0.25, 0.3) is 0 Å². The van der Waals surface area contributed by atoms with Crippen molar-refractivity contribution in [2.75, 3.05) is 37.4 Å². The van der Waals surface area contributed by atoms with Crippen LogP contribution < -0.4 is 10.6 Å². The van der Waals surface area contributed by atoms with Gasteiger partial charge in [0.2, 0.25) is 11.8 Å². The predicted molar refractivity (Wildman–Crippen MR) is 137 cm³/mol. The maximum Gasteiger partial charge on any atom is 0.356 e. The minimum atomic E-state index is -0.531. The van der Waals surface area contributed by atoms with E-state index in [2.05, 4.69) is 10.6 Å². The van der Waals surface area contributed by atoms with Gasteiger partial charge in [0.05, 0.1) is 37.3 Å². The van der Waals surface area contributed by atoms with Gasteiger partial charge < -0.3 is 29.6 Å². The highest BCUT2D eigenvalue weighted by Crippen LogP contribution is 2.34. The molecule has 2 aromatic rings. The highest BCUT2D eigenvalue weighted by molar-refractivity contribution is 6.11. The number of rotatable bonds is 8. The number of esters is 1. The van der Waals surface area contributed by atoms with Gasteiger partial charge in [0.15, 0.2) is 5.69 Å². The first-order chi connectivity index (χ1) is 17.3. The van der Waals surface area contributed by atoms with Crippen LogP contribution >= 0.6 is 0 Å². The topological polar surface area (TPSA) is 115 Å². The summed E-state index contributed by atoms with van der Waals surface area (Å²) in [6.45, 7) is 7.97. The van der Waals surface area contributed by atoms with Gasteiger partial charge >= 0.3 is 5.97 Å². The van der Waals surface area contributed by atoms with E-state index in [1.807, 2.05) is 29.4 Å². The Kier molecular flexibility index (Phi) is 8.13. The number of amides is 2. The number of aromatic nitrogens is 2. The molecule has 0 spiro atoms. The molecule has 2 amide bonds. The number of anilines is 2. The maximum absolute atomic E-state index is 13.0. The van der Waals surface area contributed by atoms with Crippen LogP contribution in [0.2, 0.25) is 0 Å². The van der Waals surface area contributed by atoms with Crippen molar-refractivity contribution >= 4 is 40.2 Å². The van der Waals surface area contributed by atoms with Crippen molar-refractivity contribution in [3.05, 3.63) is 18.0 Å². The smallest absolute Gasteiger partial charge is 0.356 e. The molecule has 2 N–H and O–H groups in total. The van der Waals surface area contributed by atoms with Crippen molar-refractivity contribution in [1.29, 1.82) is 0 Å². The van der Waals surface area contributed by atoms with E-state index in [0.29, 0.717) is 49.4 Å². The maximum atomic E-state index is 13.0. The summed E-state index contributed by atoms with van der Waals surface area (Å²) in [6, 6.07) is 2.14. The zero-order chi connectivity index (χ0) is 25.8. The standard InChI is InChI=1S/C26H37N5O5/c1-5-16(2)25(33)29-22-21-13-19(28-18-8-10-30(11-9-18)17(3)32)14-27-24(21)31(23(22)26(34)35-4)15-20-7-6-12-36-20/h13-14,16,18,20,28H,5-12,15H2,1-4H3,(H,29,33)/t16-,20-/m1/s1. The van der Waals surface area contributed by atoms with E-state index in [1.165, 1.54) is 7.11 Å². The summed E-state index contributed by atoms with van der Waals surface area (Å²) in [5.41, 5.74) is 2.09. The van der Waals surface area contributed by atoms with Crippen LogP contribution in [0.25, 0.3) is 11.0 Å². The molecule has 10 heteroatoms. The van der Waals surface area contributed by atoms with E-state index in [9.17, 15) is 14.4 Å². The van der Waals surface area contributed by atoms with Gasteiger partial charge in [-0.05, 0) is 38.2 Å². The highest BCUT2D eigenvalue weighted by Gasteiger charge is 2.30. The van der Waals surface area contributed by atoms with Crippen molar-refractivity contribution in [2.24, 2.45) is 5.92 Å². The summed E-state index contributed by atoms with van der Waals surface area (Å²) in [5.74, 6) is -0.806. The van der Waals surface area contributed by atoms with E-state index >= 15 is 0 Å². The fourth-order valence-electron chi connectivity index (χ4n) is 4.92. The van der Waals surface area contributed by atoms with Crippen molar-refractivity contribution in [1.82, 2.24) is 14.5 Å². The van der Waals surface area contributed by atoms with Crippen molar-refractivity contribution in [2.45, 2.75) is 71.6 Å². The number of pyridine rings is 1. The highest BCUT2D eigenvalue weighted by atomic mass is 16.5. The summed E-state index contributed by atoms with van der Waals surface area (Å²) < 4.78 is 12.8. The molecule has 0 radical (unpaired) electrons. The molecule has 2 fully saturated rings. The lowest BCUT2D eigenvalue weighted by atomic mass is 10.0. The van der Waals surface area contributed by atoms with E-state index in [1.54, 1.807) is 13.1 Å². The van der Waals surface area contributed by atoms with E-state index in [4.69, 9.17) is 14.5 Å². The van der Waals surface area contributed by atoms with Gasteiger partial charge in [-0.2, -0.15) is 0 Å². The minimum Gasteiger partial charge on any atom is -0.464 e. The quantitative estimate of drug-likeness (QED) is 0.535. The number of carbonyl (C=O) groups is 3. The van der Waals surface area contributed by atoms with Gasteiger partial charge in [-0.25, -0.2) is 9.78 Å². The van der Waals surface area contributed by atoms with Gasteiger partial charge in [-0.1, -0.05) is 13.8 Å². The minimum absolute atomic E-state index is 0.0341. The first-order valence-electron chi connectivity index (χ1n) is 12.9. The fourth-order valence-corrected chi connectivity index (χ4v) is 4.92. The number of carbonyl (C=O) groups excluding carboxylic acids is 3. The van der Waals surface area contributed by atoms with Crippen LogP contribution in [-0.2, 0) is 25.6 Å². The second kappa shape index (κ2) is 11.3. The molecule has 2 aliphatic rings. The summed E-state index contributed by atoms with van der Waals surface area (Å²) in [6.07, 6.45) is 5.94. The molecule has 0 aromatic carbocycles. The Balaban J connectivity index is 1.71. The first-order valence-corrected chi connectivity index (χ1v) is 12.9. The molecule has 0 aliphatic carbocycles. The Hall–Kier alpha value is -3.14. The third kappa shape index (κ3) is 5.48. The largest absolute Gasteiger partial charge is 0.464 e. The number of likely N-dealkylation sites (tertiary alicyclic amines) is 1. The van der Waals surface area contributed by atoms with Crippen LogP contribution in [-0.4, -0.2) is 71.2 Å². The molecule has 10 nitrogen and oxygen atoms in total. The number of hydrogen-bond donors (Lipinski definition) is 2. The Morgan fingerprint density at radius 1 is 1.25 bits per heavy atom. The summed E-state index contributed by atoms with van der Waals surface area (Å²) in [7, 11) is 1.34. The second-order valence-electron chi connectivity index (χ2n) is 9.78. The molecule has 0 unspecified atom stereocenters. The molecule has 36 heavy (non-hydrogen) atoms. The Bertz CT molecular complexity index is 1120. The van der Waals surface area contributed by atoms with E-state index in [0.717, 1.165) is 31.4 Å². The zero-order valence-corrected chi connectivity index (χ0v) is 21.6. The van der Waals surface area contributed by atoms with Crippen LogP contribution in [0.5, 0.6) is 0 Å². The van der Waals surface area contributed by atoms with Crippen LogP contribution in [0.15, 0.2) is 12.3 Å². The van der Waals surface area contributed by atoms with Gasteiger partial charge in [-0.15, -0.1) is 0 Å². The normalized spacial score (nSPS) is 19.3. The number of piperidine rings is 1. The van der Waals surface area contributed by atoms with Crippen LogP contribution in [0.4, 0.5) is 11.4 Å². The second-order valence-corrected chi connectivity index (χ2v) is 9.78. The van der Waals surface area contributed by atoms with E-state index < -0.39 is 5.97 Å². The van der Waals surface area contributed by atoms with Crippen LogP contribution in [0.1, 0.15) is 63.4 Å². The number of fused-ring (bicyclic) bond motifs is 1. The lowest BCUT2D eigenvalue weighted by molar-refractivity contribution is -0.129. The monoisotopic (exact) mass is 499 g/mol. The molecule has 2 aromatic heterocycles. The number of ether oxygens (including phenoxy) is 2. The number of methoxy groups -OCH3 is 1. The predicted octanol–water partition coefficient (Wildman–Crippen LogP) is 3.41. The van der Waals surface area contributed by atoms with Crippen molar-refractivity contribution in [3.8, 4) is 0 Å². The lowest BCUT2D eigenvalue weighted by Crippen LogP contribution is -2.41. The Morgan fingerprint density at radius 3 is 2.61 bits per heavy atom. The number of hydrogen-bond acceptors (Lipinski definition) is 7.